The van der Waals surface area contributed by atoms with Gasteiger partial charge in [0.05, 0.1) is 36.1 Å². The van der Waals surface area contributed by atoms with Gasteiger partial charge in [-0.15, -0.1) is 0 Å². The summed E-state index contributed by atoms with van der Waals surface area (Å²) in [6.45, 7) is 4.45. The smallest absolute Gasteiger partial charge is 0.274 e. The summed E-state index contributed by atoms with van der Waals surface area (Å²) in [6.07, 6.45) is -0.350. The molecular formula is C17H20ClN3O3. The Labute approximate surface area is 145 Å². The van der Waals surface area contributed by atoms with Gasteiger partial charge in [0.2, 0.25) is 0 Å². The van der Waals surface area contributed by atoms with E-state index in [9.17, 15) is 9.90 Å². The third-order valence-corrected chi connectivity index (χ3v) is 4.48. The Morgan fingerprint density at radius 1 is 1.46 bits per heavy atom. The molecule has 6 nitrogen and oxygen atoms in total. The summed E-state index contributed by atoms with van der Waals surface area (Å²) in [7, 11) is 0. The fourth-order valence-corrected chi connectivity index (χ4v) is 3.02. The summed E-state index contributed by atoms with van der Waals surface area (Å²) in [6, 6.07) is 9.06. The van der Waals surface area contributed by atoms with Crippen LogP contribution in [-0.2, 0) is 4.74 Å². The predicted octanol–water partition coefficient (Wildman–Crippen LogP) is 2.06. The van der Waals surface area contributed by atoms with Gasteiger partial charge < -0.3 is 14.7 Å². The summed E-state index contributed by atoms with van der Waals surface area (Å²) in [5.74, 6) is -0.168. The van der Waals surface area contributed by atoms with Crippen molar-refractivity contribution < 1.29 is 14.6 Å². The van der Waals surface area contributed by atoms with Gasteiger partial charge in [0.1, 0.15) is 0 Å². The van der Waals surface area contributed by atoms with E-state index in [4.69, 9.17) is 16.3 Å². The number of carbonyl (C=O) groups is 1. The van der Waals surface area contributed by atoms with Crippen molar-refractivity contribution in [2.75, 3.05) is 19.8 Å². The molecule has 0 saturated carbocycles. The number of amides is 1. The molecular weight excluding hydrogens is 330 g/mol. The van der Waals surface area contributed by atoms with Gasteiger partial charge in [-0.1, -0.05) is 23.7 Å². The molecule has 128 valence electrons. The van der Waals surface area contributed by atoms with Crippen molar-refractivity contribution in [1.29, 1.82) is 0 Å². The standard InChI is InChI=1S/C17H20ClN3O3/c1-11-7-15(19-21(11)16-6-4-3-5-14(16)18)17(23)20-8-13(9-22)24-10-12(20)2/h3-7,12-13,22H,8-10H2,1-2H3. The van der Waals surface area contributed by atoms with Crippen LogP contribution in [0, 0.1) is 6.92 Å². The molecule has 1 fully saturated rings. The molecule has 1 aromatic heterocycles. The van der Waals surface area contributed by atoms with Crippen molar-refractivity contribution in [2.45, 2.75) is 26.0 Å². The molecule has 1 aromatic carbocycles. The number of ether oxygens (including phenoxy) is 1. The number of halogens is 1. The second kappa shape index (κ2) is 6.93. The van der Waals surface area contributed by atoms with E-state index in [1.165, 1.54) is 0 Å². The van der Waals surface area contributed by atoms with Crippen LogP contribution in [0.4, 0.5) is 0 Å². The number of para-hydroxylation sites is 1. The first kappa shape index (κ1) is 17.0. The lowest BCUT2D eigenvalue weighted by atomic mass is 10.2. The van der Waals surface area contributed by atoms with E-state index >= 15 is 0 Å². The van der Waals surface area contributed by atoms with Crippen molar-refractivity contribution in [1.82, 2.24) is 14.7 Å². The van der Waals surface area contributed by atoms with Crippen LogP contribution in [0.25, 0.3) is 5.69 Å². The second-order valence-corrected chi connectivity index (χ2v) is 6.39. The van der Waals surface area contributed by atoms with Gasteiger partial charge in [-0.3, -0.25) is 4.79 Å². The van der Waals surface area contributed by atoms with Gasteiger partial charge in [0, 0.05) is 12.2 Å². The molecule has 1 N–H and O–H groups in total. The highest BCUT2D eigenvalue weighted by molar-refractivity contribution is 6.32. The molecule has 3 rings (SSSR count). The molecule has 0 radical (unpaired) electrons. The number of aryl methyl sites for hydroxylation is 1. The summed E-state index contributed by atoms with van der Waals surface area (Å²) in [4.78, 5) is 14.5. The Morgan fingerprint density at radius 2 is 2.21 bits per heavy atom. The molecule has 1 amide bonds. The second-order valence-electron chi connectivity index (χ2n) is 5.98. The minimum absolute atomic E-state index is 0.0638. The molecule has 0 spiro atoms. The predicted molar refractivity (Wildman–Crippen MR) is 90.6 cm³/mol. The number of aliphatic hydroxyl groups excluding tert-OH is 1. The van der Waals surface area contributed by atoms with Crippen LogP contribution in [0.3, 0.4) is 0 Å². The third kappa shape index (κ3) is 3.17. The van der Waals surface area contributed by atoms with Crippen LogP contribution in [-0.4, -0.2) is 57.6 Å². The maximum Gasteiger partial charge on any atom is 0.274 e. The van der Waals surface area contributed by atoms with Crippen LogP contribution in [0.2, 0.25) is 5.02 Å². The van der Waals surface area contributed by atoms with Crippen LogP contribution >= 0.6 is 11.6 Å². The Balaban J connectivity index is 1.89. The third-order valence-electron chi connectivity index (χ3n) is 4.16. The first-order valence-corrected chi connectivity index (χ1v) is 8.24. The lowest BCUT2D eigenvalue weighted by Gasteiger charge is -2.37. The normalized spacial score (nSPS) is 21.1. The van der Waals surface area contributed by atoms with Crippen LogP contribution in [0.15, 0.2) is 30.3 Å². The zero-order chi connectivity index (χ0) is 17.3. The van der Waals surface area contributed by atoms with Gasteiger partial charge in [0.25, 0.3) is 5.91 Å². The zero-order valence-electron chi connectivity index (χ0n) is 13.6. The lowest BCUT2D eigenvalue weighted by Crippen LogP contribution is -2.52. The van der Waals surface area contributed by atoms with E-state index < -0.39 is 0 Å². The largest absolute Gasteiger partial charge is 0.394 e. The summed E-state index contributed by atoms with van der Waals surface area (Å²) < 4.78 is 7.15. The van der Waals surface area contributed by atoms with Gasteiger partial charge >= 0.3 is 0 Å². The number of aromatic nitrogens is 2. The number of rotatable bonds is 3. The van der Waals surface area contributed by atoms with Gasteiger partial charge in [-0.2, -0.15) is 5.10 Å². The van der Waals surface area contributed by atoms with E-state index in [-0.39, 0.29) is 24.7 Å². The number of aliphatic hydroxyl groups is 1. The number of hydrogen-bond acceptors (Lipinski definition) is 4. The molecule has 0 bridgehead atoms. The summed E-state index contributed by atoms with van der Waals surface area (Å²) >= 11 is 6.23. The first-order chi connectivity index (χ1) is 11.5. The van der Waals surface area contributed by atoms with Crippen LogP contribution in [0.1, 0.15) is 23.1 Å². The number of morpholine rings is 1. The van der Waals surface area contributed by atoms with E-state index in [1.54, 1.807) is 21.7 Å². The number of hydrogen-bond donors (Lipinski definition) is 1. The van der Waals surface area contributed by atoms with Gasteiger partial charge in [-0.25, -0.2) is 4.68 Å². The highest BCUT2D eigenvalue weighted by atomic mass is 35.5. The lowest BCUT2D eigenvalue weighted by molar-refractivity contribution is -0.0668. The Hall–Kier alpha value is -1.89. The highest BCUT2D eigenvalue weighted by Crippen LogP contribution is 2.22. The zero-order valence-corrected chi connectivity index (χ0v) is 14.4. The van der Waals surface area contributed by atoms with E-state index in [0.29, 0.717) is 23.9 Å². The van der Waals surface area contributed by atoms with Crippen LogP contribution in [0.5, 0.6) is 0 Å². The average Bonchev–Trinajstić information content (AvgIpc) is 2.97. The molecule has 2 unspecified atom stereocenters. The highest BCUT2D eigenvalue weighted by Gasteiger charge is 2.31. The fourth-order valence-electron chi connectivity index (χ4n) is 2.80. The molecule has 2 heterocycles. The molecule has 1 aliphatic rings. The minimum Gasteiger partial charge on any atom is -0.394 e. The first-order valence-electron chi connectivity index (χ1n) is 7.86. The van der Waals surface area contributed by atoms with Crippen molar-refractivity contribution in [3.05, 3.63) is 46.7 Å². The molecule has 7 heteroatoms. The van der Waals surface area contributed by atoms with Crippen molar-refractivity contribution >= 4 is 17.5 Å². The van der Waals surface area contributed by atoms with Crippen molar-refractivity contribution in [3.63, 3.8) is 0 Å². The molecule has 1 saturated heterocycles. The maximum absolute atomic E-state index is 12.8. The van der Waals surface area contributed by atoms with Crippen LogP contribution < -0.4 is 0 Å². The Bertz CT molecular complexity index is 746. The molecule has 0 aliphatic carbocycles. The summed E-state index contributed by atoms with van der Waals surface area (Å²) in [5, 5.41) is 14.3. The van der Waals surface area contributed by atoms with Gasteiger partial charge in [-0.05, 0) is 32.0 Å². The minimum atomic E-state index is -0.350. The fraction of sp³-hybridized carbons (Fsp3) is 0.412. The molecule has 2 aromatic rings. The molecule has 24 heavy (non-hydrogen) atoms. The summed E-state index contributed by atoms with van der Waals surface area (Å²) in [5.41, 5.74) is 1.92. The monoisotopic (exact) mass is 349 g/mol. The van der Waals surface area contributed by atoms with Crippen molar-refractivity contribution in [3.8, 4) is 5.69 Å². The maximum atomic E-state index is 12.8. The quantitative estimate of drug-likeness (QED) is 0.921. The Kier molecular flexibility index (Phi) is 4.89. The topological polar surface area (TPSA) is 67.6 Å². The SMILES string of the molecule is Cc1cc(C(=O)N2CC(CO)OCC2C)nn1-c1ccccc1Cl. The van der Waals surface area contributed by atoms with E-state index in [2.05, 4.69) is 5.10 Å². The number of carbonyl (C=O) groups excluding carboxylic acids is 1. The molecule has 2 atom stereocenters. The van der Waals surface area contributed by atoms with E-state index in [0.717, 1.165) is 11.4 Å². The number of benzene rings is 1. The van der Waals surface area contributed by atoms with Gasteiger partial charge in [0.15, 0.2) is 5.69 Å². The molecule has 1 aliphatic heterocycles. The van der Waals surface area contributed by atoms with Crippen molar-refractivity contribution in [2.24, 2.45) is 0 Å². The number of nitrogens with zero attached hydrogens (tertiary/aromatic N) is 3. The Morgan fingerprint density at radius 3 is 2.92 bits per heavy atom. The van der Waals surface area contributed by atoms with E-state index in [1.807, 2.05) is 32.0 Å². The average molecular weight is 350 g/mol.